The Kier molecular flexibility index (Phi) is 6.93. The number of esters is 1. The molecule has 1 atom stereocenters. The van der Waals surface area contributed by atoms with Crippen LogP contribution in [0.25, 0.3) is 6.08 Å². The summed E-state index contributed by atoms with van der Waals surface area (Å²) in [6.07, 6.45) is -1.69. The summed E-state index contributed by atoms with van der Waals surface area (Å²) in [4.78, 5) is 16.0. The molecule has 142 valence electrons. The number of hydrogen-bond acceptors (Lipinski definition) is 3. The predicted molar refractivity (Wildman–Crippen MR) is 99.5 cm³/mol. The molecule has 2 aromatic rings. The molecule has 1 unspecified atom stereocenters. The summed E-state index contributed by atoms with van der Waals surface area (Å²) in [6.45, 7) is 1.29. The predicted octanol–water partition coefficient (Wildman–Crippen LogP) is 5.07. The number of carbonyl (C=O) groups excluding carboxylic acids is 1. The highest BCUT2D eigenvalue weighted by Crippen LogP contribution is 2.38. The minimum atomic E-state index is -4.91. The molecule has 0 spiro atoms. The Balaban J connectivity index is 2.39. The van der Waals surface area contributed by atoms with Crippen LogP contribution in [0.2, 0.25) is 0 Å². The molecule has 27 heavy (non-hydrogen) atoms. The standard InChI is InChI=1S/C21H20F3NO2/c1-2-27-19(26)20(21(22,23)24,25-16-18-12-7-4-8-13-18)15-9-14-17-10-5-3-6-11-17/h3-14,16H,2,15H2,1H3/b14-9+,25-16?. The molecular formula is C21H20F3NO2. The molecule has 0 heterocycles. The molecule has 0 radical (unpaired) electrons. The van der Waals surface area contributed by atoms with Gasteiger partial charge in [-0.25, -0.2) is 4.79 Å². The summed E-state index contributed by atoms with van der Waals surface area (Å²) in [5.41, 5.74) is -1.81. The van der Waals surface area contributed by atoms with Crippen LogP contribution >= 0.6 is 0 Å². The van der Waals surface area contributed by atoms with Gasteiger partial charge in [-0.05, 0) is 18.1 Å². The van der Waals surface area contributed by atoms with Gasteiger partial charge in [0, 0.05) is 12.6 Å². The van der Waals surface area contributed by atoms with Crippen LogP contribution in [0.3, 0.4) is 0 Å². The largest absolute Gasteiger partial charge is 0.464 e. The van der Waals surface area contributed by atoms with Gasteiger partial charge in [0.2, 0.25) is 0 Å². The normalized spacial score (nSPS) is 14.4. The van der Waals surface area contributed by atoms with Crippen molar-refractivity contribution < 1.29 is 22.7 Å². The molecule has 0 aliphatic carbocycles. The van der Waals surface area contributed by atoms with Crippen LogP contribution in [-0.4, -0.2) is 30.5 Å². The van der Waals surface area contributed by atoms with Crippen molar-refractivity contribution in [3.8, 4) is 0 Å². The van der Waals surface area contributed by atoms with Gasteiger partial charge in [-0.3, -0.25) is 4.99 Å². The fourth-order valence-corrected chi connectivity index (χ4v) is 2.40. The second-order valence-electron chi connectivity index (χ2n) is 5.76. The number of halogens is 3. The Hall–Kier alpha value is -2.89. The van der Waals surface area contributed by atoms with Crippen LogP contribution in [0.1, 0.15) is 24.5 Å². The van der Waals surface area contributed by atoms with E-state index in [0.29, 0.717) is 5.56 Å². The molecule has 0 aliphatic heterocycles. The Morgan fingerprint density at radius 3 is 2.07 bits per heavy atom. The number of benzene rings is 2. The molecule has 0 fully saturated rings. The smallest absolute Gasteiger partial charge is 0.424 e. The average Bonchev–Trinajstić information content (AvgIpc) is 2.65. The first-order valence-corrected chi connectivity index (χ1v) is 8.45. The zero-order chi connectivity index (χ0) is 19.8. The van der Waals surface area contributed by atoms with Gasteiger partial charge >= 0.3 is 12.1 Å². The van der Waals surface area contributed by atoms with Gasteiger partial charge in [0.15, 0.2) is 0 Å². The molecule has 0 aliphatic rings. The number of aliphatic imine (C=N–C) groups is 1. The Morgan fingerprint density at radius 2 is 1.56 bits per heavy atom. The van der Waals surface area contributed by atoms with Crippen LogP contribution in [0, 0.1) is 0 Å². The summed E-state index contributed by atoms with van der Waals surface area (Å²) in [6, 6.07) is 17.2. The number of alkyl halides is 3. The van der Waals surface area contributed by atoms with Crippen molar-refractivity contribution in [1.29, 1.82) is 0 Å². The van der Waals surface area contributed by atoms with E-state index in [1.165, 1.54) is 19.1 Å². The van der Waals surface area contributed by atoms with Gasteiger partial charge in [0.25, 0.3) is 5.54 Å². The quantitative estimate of drug-likeness (QED) is 0.500. The fraction of sp³-hybridized carbons (Fsp3) is 0.238. The van der Waals surface area contributed by atoms with Gasteiger partial charge in [-0.15, -0.1) is 0 Å². The molecule has 0 amide bonds. The monoisotopic (exact) mass is 375 g/mol. The van der Waals surface area contributed by atoms with Crippen molar-refractivity contribution in [3.05, 3.63) is 77.9 Å². The second-order valence-corrected chi connectivity index (χ2v) is 5.76. The lowest BCUT2D eigenvalue weighted by molar-refractivity contribution is -0.204. The second kappa shape index (κ2) is 9.16. The molecule has 6 heteroatoms. The summed E-state index contributed by atoms with van der Waals surface area (Å²) in [5.74, 6) is -1.41. The number of ether oxygens (including phenoxy) is 1. The zero-order valence-corrected chi connectivity index (χ0v) is 14.8. The average molecular weight is 375 g/mol. The molecule has 0 bridgehead atoms. The highest BCUT2D eigenvalue weighted by molar-refractivity contribution is 5.88. The van der Waals surface area contributed by atoms with E-state index in [1.807, 2.05) is 0 Å². The van der Waals surface area contributed by atoms with E-state index in [0.717, 1.165) is 11.8 Å². The van der Waals surface area contributed by atoms with Crippen molar-refractivity contribution in [3.63, 3.8) is 0 Å². The molecule has 0 saturated carbocycles. The molecule has 2 aromatic carbocycles. The number of nitrogens with zero attached hydrogens (tertiary/aromatic N) is 1. The number of hydrogen-bond donors (Lipinski definition) is 0. The minimum Gasteiger partial charge on any atom is -0.464 e. The summed E-state index contributed by atoms with van der Waals surface area (Å²) >= 11 is 0. The summed E-state index contributed by atoms with van der Waals surface area (Å²) in [5, 5.41) is 0. The maximum atomic E-state index is 13.9. The SMILES string of the molecule is CCOC(=O)C(C/C=C/c1ccccc1)(N=Cc1ccccc1)C(F)(F)F. The lowest BCUT2D eigenvalue weighted by atomic mass is 9.94. The maximum absolute atomic E-state index is 13.9. The van der Waals surface area contributed by atoms with E-state index in [-0.39, 0.29) is 6.61 Å². The topological polar surface area (TPSA) is 38.7 Å². The first kappa shape index (κ1) is 20.4. The third-order valence-electron chi connectivity index (χ3n) is 3.84. The fourth-order valence-electron chi connectivity index (χ4n) is 2.40. The van der Waals surface area contributed by atoms with Crippen molar-refractivity contribution in [1.82, 2.24) is 0 Å². The summed E-state index contributed by atoms with van der Waals surface area (Å²) in [7, 11) is 0. The van der Waals surface area contributed by atoms with Crippen molar-refractivity contribution in [2.45, 2.75) is 25.1 Å². The lowest BCUT2D eigenvalue weighted by Crippen LogP contribution is -2.51. The lowest BCUT2D eigenvalue weighted by Gasteiger charge is -2.28. The highest BCUT2D eigenvalue weighted by Gasteiger charge is 2.61. The van der Waals surface area contributed by atoms with Crippen molar-refractivity contribution >= 4 is 18.3 Å². The van der Waals surface area contributed by atoms with Crippen LogP contribution in [0.15, 0.2) is 71.7 Å². The van der Waals surface area contributed by atoms with Crippen molar-refractivity contribution in [2.24, 2.45) is 4.99 Å². The molecule has 0 N–H and O–H groups in total. The van der Waals surface area contributed by atoms with Gasteiger partial charge in [0.05, 0.1) is 6.61 Å². The van der Waals surface area contributed by atoms with Crippen LogP contribution in [0.5, 0.6) is 0 Å². The van der Waals surface area contributed by atoms with Crippen LogP contribution in [0.4, 0.5) is 13.2 Å². The van der Waals surface area contributed by atoms with E-state index < -0.39 is 24.1 Å². The first-order chi connectivity index (χ1) is 12.9. The molecular weight excluding hydrogens is 355 g/mol. The van der Waals surface area contributed by atoms with Gasteiger partial charge in [-0.1, -0.05) is 72.8 Å². The molecule has 3 nitrogen and oxygen atoms in total. The maximum Gasteiger partial charge on any atom is 0.424 e. The minimum absolute atomic E-state index is 0.167. The Bertz CT molecular complexity index is 786. The van der Waals surface area contributed by atoms with E-state index in [4.69, 9.17) is 4.74 Å². The zero-order valence-electron chi connectivity index (χ0n) is 14.8. The summed E-state index contributed by atoms with van der Waals surface area (Å²) < 4.78 is 46.5. The van der Waals surface area contributed by atoms with Gasteiger partial charge in [0.1, 0.15) is 0 Å². The Labute approximate surface area is 156 Å². The molecule has 0 saturated heterocycles. The van der Waals surface area contributed by atoms with E-state index in [1.54, 1.807) is 60.7 Å². The van der Waals surface area contributed by atoms with Crippen LogP contribution < -0.4 is 0 Å². The third-order valence-corrected chi connectivity index (χ3v) is 3.84. The Morgan fingerprint density at radius 1 is 1.00 bits per heavy atom. The first-order valence-electron chi connectivity index (χ1n) is 8.45. The number of rotatable bonds is 7. The highest BCUT2D eigenvalue weighted by atomic mass is 19.4. The van der Waals surface area contributed by atoms with E-state index >= 15 is 0 Å². The molecule has 2 rings (SSSR count). The van der Waals surface area contributed by atoms with Crippen LogP contribution in [-0.2, 0) is 9.53 Å². The third kappa shape index (κ3) is 5.29. The number of carbonyl (C=O) groups is 1. The van der Waals surface area contributed by atoms with E-state index in [9.17, 15) is 18.0 Å². The van der Waals surface area contributed by atoms with Crippen molar-refractivity contribution in [2.75, 3.05) is 6.61 Å². The van der Waals surface area contributed by atoms with E-state index in [2.05, 4.69) is 4.99 Å². The van der Waals surface area contributed by atoms with Gasteiger partial charge in [-0.2, -0.15) is 13.2 Å². The van der Waals surface area contributed by atoms with Gasteiger partial charge < -0.3 is 4.74 Å². The molecule has 0 aromatic heterocycles.